The van der Waals surface area contributed by atoms with Gasteiger partial charge in [0.05, 0.1) is 29.0 Å². The van der Waals surface area contributed by atoms with Gasteiger partial charge in [0.1, 0.15) is 21.2 Å². The highest BCUT2D eigenvalue weighted by Gasteiger charge is 2.35. The number of nitrogens with one attached hydrogen (secondary N) is 2. The molecule has 210 valence electrons. The quantitative estimate of drug-likeness (QED) is 0.325. The van der Waals surface area contributed by atoms with Crippen LogP contribution in [-0.2, 0) is 4.79 Å². The Kier molecular flexibility index (Phi) is 7.06. The van der Waals surface area contributed by atoms with E-state index in [2.05, 4.69) is 15.6 Å². The third-order valence-electron chi connectivity index (χ3n) is 7.17. The lowest BCUT2D eigenvalue weighted by molar-refractivity contribution is -0.130. The van der Waals surface area contributed by atoms with E-state index in [0.717, 1.165) is 16.7 Å². The number of ether oxygens (including phenoxy) is 1. The van der Waals surface area contributed by atoms with Crippen LogP contribution in [0.5, 0.6) is 11.5 Å². The Morgan fingerprint density at radius 1 is 1.12 bits per heavy atom. The number of carbonyl (C=O) groups excluding carboxylic acids is 3. The molecule has 1 fully saturated rings. The normalized spacial score (nSPS) is 16.3. The van der Waals surface area contributed by atoms with Crippen LogP contribution in [0.15, 0.2) is 60.8 Å². The van der Waals surface area contributed by atoms with Crippen molar-refractivity contribution in [2.75, 3.05) is 43.9 Å². The molecule has 41 heavy (non-hydrogen) atoms. The molecule has 2 aliphatic rings. The van der Waals surface area contributed by atoms with Crippen molar-refractivity contribution in [3.8, 4) is 11.5 Å². The molecule has 0 radical (unpaired) electrons. The lowest BCUT2D eigenvalue weighted by atomic mass is 10.1. The Morgan fingerprint density at radius 3 is 2.68 bits per heavy atom. The first-order valence-electron chi connectivity index (χ1n) is 13.4. The van der Waals surface area contributed by atoms with Crippen LogP contribution in [0.1, 0.15) is 21.7 Å². The van der Waals surface area contributed by atoms with Crippen LogP contribution in [0.3, 0.4) is 0 Å². The van der Waals surface area contributed by atoms with Gasteiger partial charge in [-0.15, -0.1) is 11.3 Å². The van der Waals surface area contributed by atoms with E-state index in [0.29, 0.717) is 58.6 Å². The predicted molar refractivity (Wildman–Crippen MR) is 159 cm³/mol. The maximum atomic E-state index is 13.5. The first-order chi connectivity index (χ1) is 19.8. The maximum Gasteiger partial charge on any atom is 0.331 e. The average Bonchev–Trinajstić information content (AvgIpc) is 3.56. The molecular weight excluding hydrogens is 540 g/mol. The molecule has 4 amide bonds. The minimum Gasteiger partial charge on any atom is -0.457 e. The summed E-state index contributed by atoms with van der Waals surface area (Å²) < 4.78 is 5.97. The molecule has 2 N–H and O–H groups in total. The van der Waals surface area contributed by atoms with Gasteiger partial charge in [-0.1, -0.05) is 18.2 Å². The van der Waals surface area contributed by atoms with Crippen LogP contribution in [0.25, 0.3) is 10.2 Å². The van der Waals surface area contributed by atoms with Gasteiger partial charge in [0.2, 0.25) is 5.91 Å². The van der Waals surface area contributed by atoms with Crippen LogP contribution < -0.4 is 20.3 Å². The first kappa shape index (κ1) is 26.7. The molecule has 10 nitrogen and oxygen atoms in total. The Morgan fingerprint density at radius 2 is 1.93 bits per heavy atom. The van der Waals surface area contributed by atoms with Crippen LogP contribution >= 0.6 is 11.3 Å². The lowest BCUT2D eigenvalue weighted by Gasteiger charge is -2.29. The zero-order valence-corrected chi connectivity index (χ0v) is 23.8. The maximum absolute atomic E-state index is 13.5. The molecule has 2 aromatic carbocycles. The van der Waals surface area contributed by atoms with Gasteiger partial charge in [0.15, 0.2) is 0 Å². The number of aromatic nitrogens is 1. The third-order valence-corrected chi connectivity index (χ3v) is 8.26. The zero-order valence-electron chi connectivity index (χ0n) is 23.0. The van der Waals surface area contributed by atoms with Crippen molar-refractivity contribution >= 4 is 56.5 Å². The highest BCUT2D eigenvalue weighted by atomic mass is 32.1. The van der Waals surface area contributed by atoms with Gasteiger partial charge >= 0.3 is 6.03 Å². The van der Waals surface area contributed by atoms with Gasteiger partial charge in [-0.25, -0.2) is 9.78 Å². The van der Waals surface area contributed by atoms with Gasteiger partial charge in [0.25, 0.3) is 5.91 Å². The van der Waals surface area contributed by atoms with E-state index in [4.69, 9.17) is 4.74 Å². The second kappa shape index (κ2) is 10.8. The molecule has 0 aliphatic carbocycles. The third kappa shape index (κ3) is 5.21. The number of pyridine rings is 1. The van der Waals surface area contributed by atoms with Crippen molar-refractivity contribution in [2.45, 2.75) is 19.4 Å². The summed E-state index contributed by atoms with van der Waals surface area (Å²) in [4.78, 5) is 50.2. The number of aryl methyl sites for hydroxylation is 1. The van der Waals surface area contributed by atoms with E-state index in [1.807, 2.05) is 74.4 Å². The number of rotatable bonds is 7. The predicted octanol–water partition coefficient (Wildman–Crippen LogP) is 4.97. The fourth-order valence-electron chi connectivity index (χ4n) is 5.28. The van der Waals surface area contributed by atoms with E-state index in [9.17, 15) is 14.4 Å². The van der Waals surface area contributed by atoms with Crippen molar-refractivity contribution in [3.05, 3.63) is 71.2 Å². The summed E-state index contributed by atoms with van der Waals surface area (Å²) in [5.74, 6) is 1.15. The van der Waals surface area contributed by atoms with Crippen LogP contribution in [0, 0.1) is 6.92 Å². The molecule has 1 saturated heterocycles. The minimum atomic E-state index is -0.362. The largest absolute Gasteiger partial charge is 0.457 e. The summed E-state index contributed by atoms with van der Waals surface area (Å²) >= 11 is 1.25. The second-order valence-corrected chi connectivity index (χ2v) is 11.5. The molecule has 11 heteroatoms. The van der Waals surface area contributed by atoms with Crippen molar-refractivity contribution < 1.29 is 19.1 Å². The molecule has 0 spiro atoms. The van der Waals surface area contributed by atoms with E-state index < -0.39 is 0 Å². The second-order valence-electron chi connectivity index (χ2n) is 10.5. The highest BCUT2D eigenvalue weighted by molar-refractivity contribution is 7.21. The Hall–Kier alpha value is -4.48. The number of urea groups is 1. The van der Waals surface area contributed by atoms with Gasteiger partial charge < -0.3 is 25.2 Å². The average molecular weight is 571 g/mol. The summed E-state index contributed by atoms with van der Waals surface area (Å²) in [6.07, 6.45) is 2.33. The number of likely N-dealkylation sites (tertiary alicyclic amines) is 1. The fourth-order valence-corrected chi connectivity index (χ4v) is 6.30. The summed E-state index contributed by atoms with van der Waals surface area (Å²) in [6.45, 7) is 3.32. The molecule has 4 heterocycles. The number of amides is 4. The van der Waals surface area contributed by atoms with Gasteiger partial charge in [0, 0.05) is 25.3 Å². The van der Waals surface area contributed by atoms with E-state index in [-0.39, 0.29) is 23.9 Å². The van der Waals surface area contributed by atoms with E-state index in [1.165, 1.54) is 11.3 Å². The van der Waals surface area contributed by atoms with Gasteiger partial charge in [-0.3, -0.25) is 14.5 Å². The first-order valence-corrected chi connectivity index (χ1v) is 14.2. The van der Waals surface area contributed by atoms with Crippen molar-refractivity contribution in [2.24, 2.45) is 0 Å². The van der Waals surface area contributed by atoms with Crippen LogP contribution in [-0.4, -0.2) is 72.4 Å². The molecule has 2 aromatic heterocycles. The van der Waals surface area contributed by atoms with Crippen molar-refractivity contribution in [1.82, 2.24) is 20.1 Å². The number of nitrogens with zero attached hydrogens (tertiary/aromatic N) is 4. The molecule has 2 aliphatic heterocycles. The fraction of sp³-hybridized carbons (Fsp3) is 0.267. The number of thiophene rings is 1. The van der Waals surface area contributed by atoms with E-state index >= 15 is 0 Å². The lowest BCUT2D eigenvalue weighted by Crippen LogP contribution is -2.41. The van der Waals surface area contributed by atoms with Crippen molar-refractivity contribution in [3.63, 3.8) is 0 Å². The summed E-state index contributed by atoms with van der Waals surface area (Å²) in [5, 5.41) is 6.74. The molecule has 0 saturated carbocycles. The van der Waals surface area contributed by atoms with Crippen LogP contribution in [0.2, 0.25) is 0 Å². The minimum absolute atomic E-state index is 0.0415. The summed E-state index contributed by atoms with van der Waals surface area (Å²) in [5.41, 5.74) is 2.67. The van der Waals surface area contributed by atoms with Gasteiger partial charge in [-0.05, 0) is 69.4 Å². The number of likely N-dealkylation sites (N-methyl/N-ethyl adjacent to an activating group) is 1. The number of benzene rings is 2. The standard InChI is InChI=1S/C30H30N6O4S/c1-18-15-21(40-20-7-5-4-6-8-20)9-10-22(18)36-23-11-13-31-29-25(23)26(33-30(36)39)27(41-29)28(38)32-19-12-14-35(16-19)24(37)17-34(2)3/h4-11,13,15,19H,12,14,16-17H2,1-3H3,(H,32,38)(H,33,39). The highest BCUT2D eigenvalue weighted by Crippen LogP contribution is 2.46. The Labute approximate surface area is 241 Å². The molecule has 0 bridgehead atoms. The van der Waals surface area contributed by atoms with Crippen molar-refractivity contribution in [1.29, 1.82) is 0 Å². The number of anilines is 3. The Bertz CT molecular complexity index is 1650. The van der Waals surface area contributed by atoms with Gasteiger partial charge in [-0.2, -0.15) is 0 Å². The molecule has 6 rings (SSSR count). The monoisotopic (exact) mass is 570 g/mol. The summed E-state index contributed by atoms with van der Waals surface area (Å²) in [6, 6.07) is 16.4. The SMILES string of the molecule is Cc1cc(Oc2ccccc2)ccc1N1C(=O)Nc2c(C(=O)NC3CCN(C(=O)CN(C)C)C3)sc3nccc1c23. The molecule has 4 aromatic rings. The smallest absolute Gasteiger partial charge is 0.331 e. The summed E-state index contributed by atoms with van der Waals surface area (Å²) in [7, 11) is 3.71. The zero-order chi connectivity index (χ0) is 28.7. The molecule has 1 atom stereocenters. The van der Waals surface area contributed by atoms with Crippen LogP contribution in [0.4, 0.5) is 21.9 Å². The number of hydrogen-bond acceptors (Lipinski definition) is 7. The number of para-hydroxylation sites is 1. The number of hydrogen-bond donors (Lipinski definition) is 2. The molecular formula is C30H30N6O4S. The Balaban J connectivity index is 1.25. The topological polar surface area (TPSA) is 107 Å². The molecule has 1 unspecified atom stereocenters. The van der Waals surface area contributed by atoms with E-state index in [1.54, 1.807) is 22.1 Å². The number of carbonyl (C=O) groups is 3.